The summed E-state index contributed by atoms with van der Waals surface area (Å²) >= 11 is 0. The number of aliphatic hydroxyl groups excluding tert-OH is 1. The number of carbonyl (C=O) groups excluding carboxylic acids is 1. The molecule has 0 aliphatic heterocycles. The third-order valence-corrected chi connectivity index (χ3v) is 5.50. The van der Waals surface area contributed by atoms with E-state index in [9.17, 15) is 14.1 Å². The highest BCUT2D eigenvalue weighted by atomic mass is 32.2. The lowest BCUT2D eigenvalue weighted by Crippen LogP contribution is -2.34. The number of amides is 1. The van der Waals surface area contributed by atoms with Crippen molar-refractivity contribution in [2.75, 3.05) is 5.75 Å². The van der Waals surface area contributed by atoms with Crippen LogP contribution in [0.4, 0.5) is 0 Å². The number of fused-ring (bicyclic) bond motifs is 1. The van der Waals surface area contributed by atoms with Gasteiger partial charge in [0, 0.05) is 12.2 Å². The summed E-state index contributed by atoms with van der Waals surface area (Å²) in [6, 6.07) is 14.2. The van der Waals surface area contributed by atoms with Gasteiger partial charge in [-0.25, -0.2) is 0 Å². The quantitative estimate of drug-likeness (QED) is 0.904. The minimum atomic E-state index is -1.20. The summed E-state index contributed by atoms with van der Waals surface area (Å²) in [5.74, 6) is 0.155. The summed E-state index contributed by atoms with van der Waals surface area (Å²) in [6.45, 7) is 1.82. The molecule has 23 heavy (non-hydrogen) atoms. The SMILES string of the molecule is CCS(=O)c1ccccc1C(=O)NC1c2ccccc2CC1O. The maximum Gasteiger partial charge on any atom is 0.253 e. The van der Waals surface area contributed by atoms with Crippen LogP contribution in [-0.2, 0) is 17.2 Å². The number of benzene rings is 2. The van der Waals surface area contributed by atoms with Gasteiger partial charge in [0.25, 0.3) is 5.91 Å². The van der Waals surface area contributed by atoms with Crippen LogP contribution in [0.2, 0.25) is 0 Å². The Hall–Kier alpha value is -1.98. The van der Waals surface area contributed by atoms with E-state index in [1.54, 1.807) is 24.3 Å². The summed E-state index contributed by atoms with van der Waals surface area (Å²) in [5.41, 5.74) is 2.41. The maximum absolute atomic E-state index is 12.6. The number of rotatable bonds is 4. The summed E-state index contributed by atoms with van der Waals surface area (Å²) < 4.78 is 12.1. The normalized spacial score (nSPS) is 20.8. The lowest BCUT2D eigenvalue weighted by molar-refractivity contribution is 0.0855. The third-order valence-electron chi connectivity index (χ3n) is 4.13. The van der Waals surface area contributed by atoms with E-state index in [1.165, 1.54) is 0 Å². The predicted octanol–water partition coefficient (Wildman–Crippen LogP) is 2.20. The van der Waals surface area contributed by atoms with Gasteiger partial charge in [0.1, 0.15) is 0 Å². The molecule has 4 nitrogen and oxygen atoms in total. The maximum atomic E-state index is 12.6. The summed E-state index contributed by atoms with van der Waals surface area (Å²) in [5, 5.41) is 13.2. The second-order valence-electron chi connectivity index (χ2n) is 5.55. The molecule has 3 unspecified atom stereocenters. The van der Waals surface area contributed by atoms with E-state index in [-0.39, 0.29) is 5.91 Å². The van der Waals surface area contributed by atoms with Gasteiger partial charge in [0.15, 0.2) is 0 Å². The van der Waals surface area contributed by atoms with Crippen LogP contribution >= 0.6 is 0 Å². The van der Waals surface area contributed by atoms with Gasteiger partial charge < -0.3 is 10.4 Å². The number of hydrogen-bond donors (Lipinski definition) is 2. The molecule has 2 aromatic carbocycles. The van der Waals surface area contributed by atoms with Crippen LogP contribution in [0.15, 0.2) is 53.4 Å². The highest BCUT2D eigenvalue weighted by Crippen LogP contribution is 2.31. The Morgan fingerprint density at radius 3 is 2.70 bits per heavy atom. The Morgan fingerprint density at radius 1 is 1.22 bits per heavy atom. The van der Waals surface area contributed by atoms with Crippen molar-refractivity contribution in [3.63, 3.8) is 0 Å². The predicted molar refractivity (Wildman–Crippen MR) is 89.8 cm³/mol. The van der Waals surface area contributed by atoms with Gasteiger partial charge >= 0.3 is 0 Å². The van der Waals surface area contributed by atoms with Crippen LogP contribution in [0, 0.1) is 0 Å². The second-order valence-corrected chi connectivity index (χ2v) is 7.26. The van der Waals surface area contributed by atoms with Gasteiger partial charge in [-0.05, 0) is 23.3 Å². The number of carbonyl (C=O) groups is 1. The van der Waals surface area contributed by atoms with Crippen LogP contribution in [0.25, 0.3) is 0 Å². The zero-order valence-electron chi connectivity index (χ0n) is 12.9. The zero-order chi connectivity index (χ0) is 16.4. The third kappa shape index (κ3) is 3.07. The van der Waals surface area contributed by atoms with Gasteiger partial charge in [0.05, 0.1) is 33.4 Å². The molecule has 0 saturated heterocycles. The van der Waals surface area contributed by atoms with Gasteiger partial charge in [-0.1, -0.05) is 43.3 Å². The fourth-order valence-electron chi connectivity index (χ4n) is 2.98. The second kappa shape index (κ2) is 6.64. The molecule has 5 heteroatoms. The molecule has 2 N–H and O–H groups in total. The van der Waals surface area contributed by atoms with Crippen LogP contribution in [0.5, 0.6) is 0 Å². The Morgan fingerprint density at radius 2 is 1.91 bits per heavy atom. The standard InChI is InChI=1S/C18H19NO3S/c1-2-23(22)16-10-6-5-9-14(16)18(21)19-17-13-8-4-3-7-12(13)11-15(17)20/h3-10,15,17,20H,2,11H2,1H3,(H,19,21). The van der Waals surface area contributed by atoms with E-state index in [1.807, 2.05) is 31.2 Å². The van der Waals surface area contributed by atoms with Gasteiger partial charge in [0.2, 0.25) is 0 Å². The molecular weight excluding hydrogens is 310 g/mol. The fourth-order valence-corrected chi connectivity index (χ4v) is 3.92. The number of hydrogen-bond acceptors (Lipinski definition) is 3. The highest BCUT2D eigenvalue weighted by molar-refractivity contribution is 7.85. The molecular formula is C18H19NO3S. The first-order chi connectivity index (χ1) is 11.1. The van der Waals surface area contributed by atoms with E-state index in [0.29, 0.717) is 22.6 Å². The molecule has 3 atom stereocenters. The Balaban J connectivity index is 1.87. The highest BCUT2D eigenvalue weighted by Gasteiger charge is 2.32. The molecule has 1 aliphatic carbocycles. The largest absolute Gasteiger partial charge is 0.390 e. The van der Waals surface area contributed by atoms with E-state index >= 15 is 0 Å². The van der Waals surface area contributed by atoms with Crippen molar-refractivity contribution in [3.8, 4) is 0 Å². The lowest BCUT2D eigenvalue weighted by atomic mass is 10.1. The lowest BCUT2D eigenvalue weighted by Gasteiger charge is -2.19. The van der Waals surface area contributed by atoms with Crippen molar-refractivity contribution in [1.29, 1.82) is 0 Å². The first-order valence-electron chi connectivity index (χ1n) is 7.66. The van der Waals surface area contributed by atoms with E-state index in [4.69, 9.17) is 0 Å². The van der Waals surface area contributed by atoms with Gasteiger partial charge in [-0.15, -0.1) is 0 Å². The molecule has 0 saturated carbocycles. The molecule has 0 heterocycles. The summed E-state index contributed by atoms with van der Waals surface area (Å²) in [4.78, 5) is 13.2. The topological polar surface area (TPSA) is 66.4 Å². The molecule has 2 aromatic rings. The van der Waals surface area contributed by atoms with E-state index in [2.05, 4.69) is 5.32 Å². The van der Waals surface area contributed by atoms with Gasteiger partial charge in [-0.3, -0.25) is 9.00 Å². The van der Waals surface area contributed by atoms with Crippen LogP contribution in [0.1, 0.15) is 34.5 Å². The first-order valence-corrected chi connectivity index (χ1v) is 8.98. The molecule has 120 valence electrons. The van der Waals surface area contributed by atoms with E-state index in [0.717, 1.165) is 11.1 Å². The van der Waals surface area contributed by atoms with Crippen LogP contribution in [0.3, 0.4) is 0 Å². The molecule has 0 aromatic heterocycles. The van der Waals surface area contributed by atoms with Crippen molar-refractivity contribution in [3.05, 3.63) is 65.2 Å². The fraction of sp³-hybridized carbons (Fsp3) is 0.278. The first kappa shape index (κ1) is 15.9. The summed E-state index contributed by atoms with van der Waals surface area (Å²) in [6.07, 6.45) is -0.107. The zero-order valence-corrected chi connectivity index (χ0v) is 13.7. The van der Waals surface area contributed by atoms with E-state index < -0.39 is 22.9 Å². The molecule has 0 spiro atoms. The number of aliphatic hydroxyl groups is 1. The van der Waals surface area contributed by atoms with Crippen molar-refractivity contribution < 1.29 is 14.1 Å². The number of nitrogens with one attached hydrogen (secondary N) is 1. The van der Waals surface area contributed by atoms with Crippen molar-refractivity contribution in [1.82, 2.24) is 5.32 Å². The van der Waals surface area contributed by atoms with Crippen LogP contribution in [-0.4, -0.2) is 27.1 Å². The average Bonchev–Trinajstić information content (AvgIpc) is 2.90. The molecule has 3 rings (SSSR count). The monoisotopic (exact) mass is 329 g/mol. The van der Waals surface area contributed by atoms with Crippen molar-refractivity contribution >= 4 is 16.7 Å². The minimum Gasteiger partial charge on any atom is -0.390 e. The van der Waals surface area contributed by atoms with Crippen LogP contribution < -0.4 is 5.32 Å². The van der Waals surface area contributed by atoms with Crippen molar-refractivity contribution in [2.24, 2.45) is 0 Å². The van der Waals surface area contributed by atoms with Crippen molar-refractivity contribution in [2.45, 2.75) is 30.4 Å². The molecule has 0 radical (unpaired) electrons. The smallest absolute Gasteiger partial charge is 0.253 e. The molecule has 1 amide bonds. The molecule has 1 aliphatic rings. The summed E-state index contributed by atoms with van der Waals surface area (Å²) in [7, 11) is -1.20. The Labute approximate surface area is 138 Å². The minimum absolute atomic E-state index is 0.303. The average molecular weight is 329 g/mol. The van der Waals surface area contributed by atoms with Gasteiger partial charge in [-0.2, -0.15) is 0 Å². The Bertz CT molecular complexity index is 759. The molecule has 0 bridgehead atoms. The molecule has 0 fully saturated rings. The Kier molecular flexibility index (Phi) is 4.59.